The van der Waals surface area contributed by atoms with Gasteiger partial charge in [0, 0.05) is 16.8 Å². The molecular formula is C11H14N2O3S. The number of hydrogen-bond acceptors (Lipinski definition) is 6. The number of nitrogens with zero attached hydrogens (tertiary/aromatic N) is 1. The van der Waals surface area contributed by atoms with Gasteiger partial charge in [0.05, 0.1) is 18.8 Å². The summed E-state index contributed by atoms with van der Waals surface area (Å²) in [5.41, 5.74) is 0.596. The number of thiophene rings is 1. The highest BCUT2D eigenvalue weighted by atomic mass is 32.1. The molecule has 17 heavy (non-hydrogen) atoms. The zero-order chi connectivity index (χ0) is 12.8. The first-order chi connectivity index (χ1) is 8.08. The fraction of sp³-hybridized carbons (Fsp3) is 0.455. The fourth-order valence-corrected chi connectivity index (χ4v) is 2.08. The van der Waals surface area contributed by atoms with Crippen molar-refractivity contribution in [3.8, 4) is 6.07 Å². The van der Waals surface area contributed by atoms with Gasteiger partial charge in [0.15, 0.2) is 0 Å². The largest absolute Gasteiger partial charge is 0.468 e. The molecule has 0 saturated carbocycles. The average molecular weight is 254 g/mol. The highest BCUT2D eigenvalue weighted by molar-refractivity contribution is 7.10. The third-order valence-electron chi connectivity index (χ3n) is 2.22. The lowest BCUT2D eigenvalue weighted by molar-refractivity contribution is -0.145. The molecule has 5 nitrogen and oxygen atoms in total. The summed E-state index contributed by atoms with van der Waals surface area (Å²) in [5.74, 6) is -0.503. The molecule has 0 bridgehead atoms. The predicted octanol–water partition coefficient (Wildman–Crippen LogP) is 0.632. The number of nitriles is 1. The van der Waals surface area contributed by atoms with Crippen LogP contribution in [0, 0.1) is 11.3 Å². The molecule has 92 valence electrons. The topological polar surface area (TPSA) is 82.3 Å². The fourth-order valence-electron chi connectivity index (χ4n) is 1.32. The van der Waals surface area contributed by atoms with E-state index in [1.54, 1.807) is 11.4 Å². The Morgan fingerprint density at radius 1 is 1.76 bits per heavy atom. The van der Waals surface area contributed by atoms with Gasteiger partial charge in [-0.25, -0.2) is 0 Å². The van der Waals surface area contributed by atoms with Crippen LogP contribution in [0.3, 0.4) is 0 Å². The Balaban J connectivity index is 2.58. The highest BCUT2D eigenvalue weighted by Crippen LogP contribution is 2.13. The molecule has 2 atom stereocenters. The summed E-state index contributed by atoms with van der Waals surface area (Å²) in [6.07, 6.45) is -0.835. The molecular weight excluding hydrogens is 240 g/mol. The summed E-state index contributed by atoms with van der Waals surface area (Å²) in [4.78, 5) is 12.3. The van der Waals surface area contributed by atoms with E-state index in [1.165, 1.54) is 25.4 Å². The lowest BCUT2D eigenvalue weighted by Crippen LogP contribution is -2.44. The number of aliphatic hydroxyl groups excluding tert-OH is 1. The maximum atomic E-state index is 11.3. The Labute approximate surface area is 104 Å². The van der Waals surface area contributed by atoms with Crippen LogP contribution in [0.25, 0.3) is 0 Å². The first kappa shape index (κ1) is 13.6. The van der Waals surface area contributed by atoms with Gasteiger partial charge in [-0.1, -0.05) is 0 Å². The molecule has 0 fully saturated rings. The Kier molecular flexibility index (Phi) is 5.10. The monoisotopic (exact) mass is 254 g/mol. The number of ether oxygens (including phenoxy) is 1. The predicted molar refractivity (Wildman–Crippen MR) is 63.4 cm³/mol. The molecule has 0 aliphatic rings. The zero-order valence-corrected chi connectivity index (χ0v) is 10.5. The Hall–Kier alpha value is -1.42. The molecule has 1 heterocycles. The van der Waals surface area contributed by atoms with Gasteiger partial charge in [-0.3, -0.25) is 10.1 Å². The molecule has 2 N–H and O–H groups in total. The van der Waals surface area contributed by atoms with Crippen molar-refractivity contribution in [2.24, 2.45) is 0 Å². The molecule has 0 aliphatic carbocycles. The van der Waals surface area contributed by atoms with E-state index >= 15 is 0 Å². The molecule has 0 saturated heterocycles. The van der Waals surface area contributed by atoms with Gasteiger partial charge in [0.1, 0.15) is 12.1 Å². The maximum Gasteiger partial charge on any atom is 0.325 e. The summed E-state index contributed by atoms with van der Waals surface area (Å²) in [6.45, 7) is 1.93. The standard InChI is InChI=1S/C11H14N2O3S/c1-7(14)10(11(15)16-2)13-5-9-3-8(4-12)6-17-9/h3,6-7,10,13-14H,5H2,1-2H3/t7-,10+/m1/s1. The van der Waals surface area contributed by atoms with Crippen LogP contribution in [0.15, 0.2) is 11.4 Å². The molecule has 1 aromatic heterocycles. The van der Waals surface area contributed by atoms with E-state index in [0.717, 1.165) is 4.88 Å². The first-order valence-electron chi connectivity index (χ1n) is 5.05. The molecule has 6 heteroatoms. The molecule has 0 aromatic carbocycles. The summed E-state index contributed by atoms with van der Waals surface area (Å²) in [7, 11) is 1.28. The van der Waals surface area contributed by atoms with Crippen LogP contribution in [-0.2, 0) is 16.1 Å². The summed E-state index contributed by atoms with van der Waals surface area (Å²) >= 11 is 1.43. The number of rotatable bonds is 5. The van der Waals surface area contributed by atoms with Crippen LogP contribution in [0.1, 0.15) is 17.4 Å². The van der Waals surface area contributed by atoms with Crippen molar-refractivity contribution in [2.75, 3.05) is 7.11 Å². The van der Waals surface area contributed by atoms with Crippen molar-refractivity contribution in [3.05, 3.63) is 21.9 Å². The molecule has 0 amide bonds. The van der Waals surface area contributed by atoms with Crippen LogP contribution < -0.4 is 5.32 Å². The van der Waals surface area contributed by atoms with Crippen molar-refractivity contribution in [1.29, 1.82) is 5.26 Å². The number of methoxy groups -OCH3 is 1. The van der Waals surface area contributed by atoms with Crippen LogP contribution >= 0.6 is 11.3 Å². The second kappa shape index (κ2) is 6.35. The molecule has 1 aromatic rings. The number of carbonyl (C=O) groups is 1. The first-order valence-corrected chi connectivity index (χ1v) is 5.93. The minimum absolute atomic E-state index is 0.414. The summed E-state index contributed by atoms with van der Waals surface area (Å²) in [5, 5.41) is 22.7. The van der Waals surface area contributed by atoms with Crippen molar-refractivity contribution in [3.63, 3.8) is 0 Å². The van der Waals surface area contributed by atoms with E-state index in [0.29, 0.717) is 12.1 Å². The SMILES string of the molecule is COC(=O)[C@@H](NCc1cc(C#N)cs1)[C@@H](C)O. The second-order valence-corrected chi connectivity index (χ2v) is 4.53. The summed E-state index contributed by atoms with van der Waals surface area (Å²) < 4.78 is 4.58. The van der Waals surface area contributed by atoms with Crippen LogP contribution in [0.4, 0.5) is 0 Å². The highest BCUT2D eigenvalue weighted by Gasteiger charge is 2.23. The van der Waals surface area contributed by atoms with Gasteiger partial charge >= 0.3 is 5.97 Å². The summed E-state index contributed by atoms with van der Waals surface area (Å²) in [6, 6.07) is 3.02. The molecule has 0 radical (unpaired) electrons. The second-order valence-electron chi connectivity index (χ2n) is 3.54. The van der Waals surface area contributed by atoms with Gasteiger partial charge in [-0.15, -0.1) is 11.3 Å². The van der Waals surface area contributed by atoms with Gasteiger partial charge < -0.3 is 9.84 Å². The van der Waals surface area contributed by atoms with E-state index in [2.05, 4.69) is 10.1 Å². The Bertz CT molecular complexity index is 423. The smallest absolute Gasteiger partial charge is 0.325 e. The lowest BCUT2D eigenvalue weighted by Gasteiger charge is -2.18. The number of nitrogens with one attached hydrogen (secondary N) is 1. The van der Waals surface area contributed by atoms with E-state index in [9.17, 15) is 9.90 Å². The van der Waals surface area contributed by atoms with Crippen molar-refractivity contribution in [2.45, 2.75) is 25.6 Å². The van der Waals surface area contributed by atoms with Gasteiger partial charge in [0.2, 0.25) is 0 Å². The van der Waals surface area contributed by atoms with E-state index in [4.69, 9.17) is 5.26 Å². The number of hydrogen-bond donors (Lipinski definition) is 2. The molecule has 0 spiro atoms. The molecule has 0 aliphatic heterocycles. The van der Waals surface area contributed by atoms with Crippen LogP contribution in [0.5, 0.6) is 0 Å². The maximum absolute atomic E-state index is 11.3. The van der Waals surface area contributed by atoms with E-state index < -0.39 is 18.1 Å². The Morgan fingerprint density at radius 3 is 2.94 bits per heavy atom. The normalized spacial score (nSPS) is 13.8. The van der Waals surface area contributed by atoms with Gasteiger partial charge in [-0.2, -0.15) is 5.26 Å². The van der Waals surface area contributed by atoms with Crippen LogP contribution in [0.2, 0.25) is 0 Å². The number of carbonyl (C=O) groups excluding carboxylic acids is 1. The Morgan fingerprint density at radius 2 is 2.47 bits per heavy atom. The van der Waals surface area contributed by atoms with Crippen molar-refractivity contribution in [1.82, 2.24) is 5.32 Å². The minimum Gasteiger partial charge on any atom is -0.468 e. The third kappa shape index (κ3) is 3.82. The van der Waals surface area contributed by atoms with E-state index in [-0.39, 0.29) is 0 Å². The average Bonchev–Trinajstić information content (AvgIpc) is 2.76. The van der Waals surface area contributed by atoms with Crippen molar-refractivity contribution >= 4 is 17.3 Å². The van der Waals surface area contributed by atoms with E-state index in [1.807, 2.05) is 6.07 Å². The third-order valence-corrected chi connectivity index (χ3v) is 3.15. The lowest BCUT2D eigenvalue weighted by atomic mass is 10.2. The number of esters is 1. The number of aliphatic hydroxyl groups is 1. The van der Waals surface area contributed by atoms with Crippen LogP contribution in [-0.4, -0.2) is 30.3 Å². The minimum atomic E-state index is -0.835. The zero-order valence-electron chi connectivity index (χ0n) is 9.64. The van der Waals surface area contributed by atoms with Gasteiger partial charge in [0.25, 0.3) is 0 Å². The quantitative estimate of drug-likeness (QED) is 0.753. The molecule has 1 rings (SSSR count). The molecule has 0 unspecified atom stereocenters. The van der Waals surface area contributed by atoms with Crippen molar-refractivity contribution < 1.29 is 14.6 Å². The van der Waals surface area contributed by atoms with Gasteiger partial charge in [-0.05, 0) is 13.0 Å².